The fourth-order valence-corrected chi connectivity index (χ4v) is 2.88. The van der Waals surface area contributed by atoms with E-state index in [-0.39, 0.29) is 12.5 Å². The maximum atomic E-state index is 10.8. The monoisotopic (exact) mass is 234 g/mol. The first-order valence-electron chi connectivity index (χ1n) is 6.57. The Morgan fingerprint density at radius 2 is 1.71 bits per heavy atom. The lowest BCUT2D eigenvalue weighted by Crippen LogP contribution is -2.39. The van der Waals surface area contributed by atoms with E-state index in [0.717, 1.165) is 18.4 Å². The molecule has 1 aromatic rings. The quantitative estimate of drug-likeness (QED) is 0.844. The first kappa shape index (κ1) is 12.6. The summed E-state index contributed by atoms with van der Waals surface area (Å²) in [6, 6.07) is 7.89. The summed E-state index contributed by atoms with van der Waals surface area (Å²) in [5.74, 6) is 0.198. The van der Waals surface area contributed by atoms with E-state index in [1.54, 1.807) is 0 Å². The normalized spacial score (nSPS) is 21.1. The van der Waals surface area contributed by atoms with Crippen LogP contribution in [0.2, 0.25) is 0 Å². The minimum Gasteiger partial charge on any atom is -0.393 e. The lowest BCUT2D eigenvalue weighted by atomic mass is 9.74. The molecule has 0 amide bonds. The van der Waals surface area contributed by atoms with Crippen molar-refractivity contribution >= 4 is 0 Å². The zero-order valence-corrected chi connectivity index (χ0v) is 10.5. The average Bonchev–Trinajstić information content (AvgIpc) is 2.40. The summed E-state index contributed by atoms with van der Waals surface area (Å²) >= 11 is 0. The van der Waals surface area contributed by atoms with Gasteiger partial charge in [0.2, 0.25) is 0 Å². The molecule has 2 heteroatoms. The lowest BCUT2D eigenvalue weighted by Gasteiger charge is -2.37. The first-order chi connectivity index (χ1) is 8.16. The van der Waals surface area contributed by atoms with E-state index in [1.807, 2.05) is 31.2 Å². The summed E-state index contributed by atoms with van der Waals surface area (Å²) in [6.45, 7) is 1.85. The molecular weight excluding hydrogens is 212 g/mol. The molecule has 1 aliphatic rings. The molecule has 1 unspecified atom stereocenters. The van der Waals surface area contributed by atoms with Crippen molar-refractivity contribution < 1.29 is 10.2 Å². The zero-order valence-electron chi connectivity index (χ0n) is 10.5. The maximum Gasteiger partial charge on any atom is 0.115 e. The smallest absolute Gasteiger partial charge is 0.115 e. The van der Waals surface area contributed by atoms with Gasteiger partial charge in [-0.05, 0) is 31.2 Å². The third-order valence-electron chi connectivity index (χ3n) is 4.07. The van der Waals surface area contributed by atoms with Gasteiger partial charge in [-0.2, -0.15) is 0 Å². The summed E-state index contributed by atoms with van der Waals surface area (Å²) < 4.78 is 0. The second kappa shape index (κ2) is 5.19. The van der Waals surface area contributed by atoms with Crippen molar-refractivity contribution in [3.05, 3.63) is 35.4 Å². The predicted octanol–water partition coefficient (Wildman–Crippen LogP) is 2.76. The SMILES string of the molecule is Cc1ccc(C(O)(CO)C2CCCCC2)cc1. The summed E-state index contributed by atoms with van der Waals surface area (Å²) in [6.07, 6.45) is 5.62. The number of rotatable bonds is 3. The zero-order chi connectivity index (χ0) is 12.3. The molecule has 1 aliphatic carbocycles. The van der Waals surface area contributed by atoms with Crippen molar-refractivity contribution in [2.45, 2.75) is 44.6 Å². The van der Waals surface area contributed by atoms with Gasteiger partial charge < -0.3 is 10.2 Å². The van der Waals surface area contributed by atoms with E-state index in [2.05, 4.69) is 0 Å². The van der Waals surface area contributed by atoms with Crippen LogP contribution in [0.1, 0.15) is 43.2 Å². The van der Waals surface area contributed by atoms with Crippen molar-refractivity contribution in [1.82, 2.24) is 0 Å². The maximum absolute atomic E-state index is 10.8. The van der Waals surface area contributed by atoms with Crippen LogP contribution in [0.4, 0.5) is 0 Å². The van der Waals surface area contributed by atoms with Crippen LogP contribution in [0.5, 0.6) is 0 Å². The molecule has 0 aliphatic heterocycles. The van der Waals surface area contributed by atoms with E-state index in [9.17, 15) is 10.2 Å². The Kier molecular flexibility index (Phi) is 3.85. The number of aryl methyl sites for hydroxylation is 1. The molecule has 0 aromatic heterocycles. The van der Waals surface area contributed by atoms with Crippen LogP contribution in [0.3, 0.4) is 0 Å². The highest BCUT2D eigenvalue weighted by Crippen LogP contribution is 2.39. The number of benzene rings is 1. The molecular formula is C15H22O2. The number of hydrogen-bond donors (Lipinski definition) is 2. The van der Waals surface area contributed by atoms with Crippen LogP contribution in [0.15, 0.2) is 24.3 Å². The molecule has 2 nitrogen and oxygen atoms in total. The van der Waals surface area contributed by atoms with Crippen molar-refractivity contribution in [1.29, 1.82) is 0 Å². The average molecular weight is 234 g/mol. The third kappa shape index (κ3) is 2.53. The highest BCUT2D eigenvalue weighted by Gasteiger charge is 2.38. The van der Waals surface area contributed by atoms with Crippen LogP contribution in [-0.4, -0.2) is 16.8 Å². The molecule has 1 saturated carbocycles. The largest absolute Gasteiger partial charge is 0.393 e. The fourth-order valence-electron chi connectivity index (χ4n) is 2.88. The van der Waals surface area contributed by atoms with Gasteiger partial charge in [0, 0.05) is 0 Å². The molecule has 1 aromatic carbocycles. The van der Waals surface area contributed by atoms with Crippen molar-refractivity contribution in [3.63, 3.8) is 0 Å². The topological polar surface area (TPSA) is 40.5 Å². The van der Waals surface area contributed by atoms with E-state index in [0.29, 0.717) is 0 Å². The van der Waals surface area contributed by atoms with Gasteiger partial charge in [0.25, 0.3) is 0 Å². The Hall–Kier alpha value is -0.860. The molecule has 1 atom stereocenters. The molecule has 94 valence electrons. The number of aliphatic hydroxyl groups excluding tert-OH is 1. The van der Waals surface area contributed by atoms with Crippen LogP contribution in [0, 0.1) is 12.8 Å². The second-order valence-corrected chi connectivity index (χ2v) is 5.28. The van der Waals surface area contributed by atoms with Crippen molar-refractivity contribution in [2.24, 2.45) is 5.92 Å². The minimum atomic E-state index is -1.05. The molecule has 2 N–H and O–H groups in total. The summed E-state index contributed by atoms with van der Waals surface area (Å²) in [5, 5.41) is 20.4. The van der Waals surface area contributed by atoms with E-state index in [1.165, 1.54) is 24.8 Å². The molecule has 2 rings (SSSR count). The van der Waals surface area contributed by atoms with Gasteiger partial charge in [-0.25, -0.2) is 0 Å². The van der Waals surface area contributed by atoms with Gasteiger partial charge in [0.1, 0.15) is 5.60 Å². The van der Waals surface area contributed by atoms with Crippen LogP contribution < -0.4 is 0 Å². The van der Waals surface area contributed by atoms with Gasteiger partial charge in [-0.3, -0.25) is 0 Å². The Labute approximate surface area is 103 Å². The molecule has 0 bridgehead atoms. The van der Waals surface area contributed by atoms with Crippen LogP contribution >= 0.6 is 0 Å². The third-order valence-corrected chi connectivity index (χ3v) is 4.07. The van der Waals surface area contributed by atoms with E-state index in [4.69, 9.17) is 0 Å². The van der Waals surface area contributed by atoms with E-state index >= 15 is 0 Å². The molecule has 0 saturated heterocycles. The standard InChI is InChI=1S/C15H22O2/c1-12-7-9-14(10-8-12)15(17,11-16)13-5-3-2-4-6-13/h7-10,13,16-17H,2-6,11H2,1H3. The highest BCUT2D eigenvalue weighted by molar-refractivity contribution is 5.27. The Morgan fingerprint density at radius 3 is 2.24 bits per heavy atom. The van der Waals surface area contributed by atoms with Gasteiger partial charge >= 0.3 is 0 Å². The number of hydrogen-bond acceptors (Lipinski definition) is 2. The molecule has 0 spiro atoms. The Bertz CT molecular complexity index is 352. The first-order valence-corrected chi connectivity index (χ1v) is 6.57. The molecule has 0 heterocycles. The summed E-state index contributed by atoms with van der Waals surface area (Å²) in [7, 11) is 0. The highest BCUT2D eigenvalue weighted by atomic mass is 16.3. The van der Waals surface area contributed by atoms with E-state index < -0.39 is 5.60 Å². The Balaban J connectivity index is 2.25. The van der Waals surface area contributed by atoms with Gasteiger partial charge in [0.15, 0.2) is 0 Å². The van der Waals surface area contributed by atoms with Crippen LogP contribution in [-0.2, 0) is 5.60 Å². The van der Waals surface area contributed by atoms with Crippen molar-refractivity contribution in [3.8, 4) is 0 Å². The van der Waals surface area contributed by atoms with Crippen LogP contribution in [0.25, 0.3) is 0 Å². The summed E-state index contributed by atoms with van der Waals surface area (Å²) in [4.78, 5) is 0. The minimum absolute atomic E-state index is 0.180. The van der Waals surface area contributed by atoms with Gasteiger partial charge in [-0.1, -0.05) is 49.1 Å². The number of aliphatic hydroxyl groups is 2. The predicted molar refractivity (Wildman–Crippen MR) is 68.7 cm³/mol. The van der Waals surface area contributed by atoms with Gasteiger partial charge in [0.05, 0.1) is 6.61 Å². The Morgan fingerprint density at radius 1 is 1.12 bits per heavy atom. The lowest BCUT2D eigenvalue weighted by molar-refractivity contribution is -0.0788. The van der Waals surface area contributed by atoms with Gasteiger partial charge in [-0.15, -0.1) is 0 Å². The summed E-state index contributed by atoms with van der Waals surface area (Å²) in [5.41, 5.74) is 0.990. The molecule has 17 heavy (non-hydrogen) atoms. The molecule has 1 fully saturated rings. The fraction of sp³-hybridized carbons (Fsp3) is 0.600. The second-order valence-electron chi connectivity index (χ2n) is 5.28. The molecule has 0 radical (unpaired) electrons. The van der Waals surface area contributed by atoms with Crippen molar-refractivity contribution in [2.75, 3.05) is 6.61 Å².